The van der Waals surface area contributed by atoms with E-state index in [9.17, 15) is 13.2 Å². The Labute approximate surface area is 197 Å². The van der Waals surface area contributed by atoms with E-state index in [1.54, 1.807) is 11.3 Å². The van der Waals surface area contributed by atoms with E-state index in [1.807, 2.05) is 29.2 Å². The van der Waals surface area contributed by atoms with Crippen LogP contribution in [-0.2, 0) is 14.8 Å². The molecule has 0 radical (unpaired) electrons. The number of carbonyl (C=O) groups excluding carboxylic acids is 1. The molecule has 5 rings (SSSR count). The van der Waals surface area contributed by atoms with Gasteiger partial charge in [0.1, 0.15) is 5.01 Å². The first-order chi connectivity index (χ1) is 16.0. The average molecular weight is 481 g/mol. The van der Waals surface area contributed by atoms with Crippen molar-refractivity contribution in [3.63, 3.8) is 0 Å². The van der Waals surface area contributed by atoms with Gasteiger partial charge in [0.2, 0.25) is 15.9 Å². The van der Waals surface area contributed by atoms with Crippen molar-refractivity contribution in [1.29, 1.82) is 5.26 Å². The molecule has 0 spiro atoms. The van der Waals surface area contributed by atoms with Gasteiger partial charge in [-0.2, -0.15) is 9.57 Å². The lowest BCUT2D eigenvalue weighted by Gasteiger charge is -2.34. The maximum Gasteiger partial charge on any atom is 0.243 e. The Morgan fingerprint density at radius 2 is 1.76 bits per heavy atom. The van der Waals surface area contributed by atoms with E-state index in [0.717, 1.165) is 34.6 Å². The Morgan fingerprint density at radius 3 is 2.45 bits per heavy atom. The number of rotatable bonds is 4. The molecule has 2 fully saturated rings. The second-order valence-corrected chi connectivity index (χ2v) is 11.5. The third-order valence-corrected chi connectivity index (χ3v) is 9.61. The van der Waals surface area contributed by atoms with Crippen LogP contribution in [0.5, 0.6) is 0 Å². The van der Waals surface area contributed by atoms with Crippen LogP contribution in [0, 0.1) is 17.2 Å². The molecule has 0 bridgehead atoms. The Hall–Kier alpha value is -2.80. The van der Waals surface area contributed by atoms with E-state index in [1.165, 1.54) is 28.6 Å². The minimum Gasteiger partial charge on any atom is -0.333 e. The van der Waals surface area contributed by atoms with Crippen molar-refractivity contribution in [1.82, 2.24) is 14.2 Å². The van der Waals surface area contributed by atoms with E-state index >= 15 is 0 Å². The zero-order valence-electron chi connectivity index (χ0n) is 18.1. The molecule has 0 N–H and O–H groups in total. The van der Waals surface area contributed by atoms with Gasteiger partial charge < -0.3 is 4.90 Å². The first-order valence-electron chi connectivity index (χ1n) is 11.1. The van der Waals surface area contributed by atoms with Crippen LogP contribution in [0.3, 0.4) is 0 Å². The number of para-hydroxylation sites is 1. The van der Waals surface area contributed by atoms with Gasteiger partial charge in [-0.3, -0.25) is 4.79 Å². The molecule has 2 saturated heterocycles. The normalized spacial score (nSPS) is 20.2. The van der Waals surface area contributed by atoms with E-state index < -0.39 is 10.0 Å². The lowest BCUT2D eigenvalue weighted by molar-refractivity contribution is -0.137. The van der Waals surface area contributed by atoms with E-state index in [4.69, 9.17) is 10.2 Å². The van der Waals surface area contributed by atoms with Crippen LogP contribution in [0.1, 0.15) is 42.3 Å². The second kappa shape index (κ2) is 8.86. The van der Waals surface area contributed by atoms with Gasteiger partial charge in [0.25, 0.3) is 0 Å². The fraction of sp³-hybridized carbons (Fsp3) is 0.375. The van der Waals surface area contributed by atoms with Gasteiger partial charge in [-0.1, -0.05) is 12.1 Å². The van der Waals surface area contributed by atoms with E-state index in [0.29, 0.717) is 31.5 Å². The molecule has 3 heterocycles. The van der Waals surface area contributed by atoms with Crippen molar-refractivity contribution >= 4 is 37.5 Å². The highest BCUT2D eigenvalue weighted by Crippen LogP contribution is 2.38. The van der Waals surface area contributed by atoms with Crippen molar-refractivity contribution in [3.05, 3.63) is 59.1 Å². The van der Waals surface area contributed by atoms with Gasteiger partial charge >= 0.3 is 0 Å². The predicted octanol–water partition coefficient (Wildman–Crippen LogP) is 3.93. The van der Waals surface area contributed by atoms with Gasteiger partial charge in [0.05, 0.1) is 32.8 Å². The smallest absolute Gasteiger partial charge is 0.243 e. The number of amides is 1. The number of benzene rings is 2. The SMILES string of the molecule is N#Cc1ccc(S(=O)(=O)N2CCC(C(=O)N3CCCC3c3nc4ccccc4s3)CC2)cc1. The topological polar surface area (TPSA) is 94.4 Å². The third-order valence-electron chi connectivity index (χ3n) is 6.56. The van der Waals surface area contributed by atoms with Crippen LogP contribution in [0.25, 0.3) is 10.2 Å². The predicted molar refractivity (Wildman–Crippen MR) is 126 cm³/mol. The maximum atomic E-state index is 13.4. The molecule has 1 amide bonds. The lowest BCUT2D eigenvalue weighted by Crippen LogP contribution is -2.44. The molecule has 2 aliphatic rings. The maximum absolute atomic E-state index is 13.4. The number of thiazole rings is 1. The molecule has 2 aromatic carbocycles. The third kappa shape index (κ3) is 4.14. The summed E-state index contributed by atoms with van der Waals surface area (Å²) in [6.45, 7) is 1.36. The molecule has 3 aromatic rings. The number of hydrogen-bond acceptors (Lipinski definition) is 6. The van der Waals surface area contributed by atoms with Gasteiger partial charge in [0, 0.05) is 25.6 Å². The number of nitriles is 1. The zero-order valence-corrected chi connectivity index (χ0v) is 19.7. The fourth-order valence-electron chi connectivity index (χ4n) is 4.75. The Bertz CT molecular complexity index is 1290. The highest BCUT2D eigenvalue weighted by Gasteiger charge is 2.38. The van der Waals surface area contributed by atoms with Gasteiger partial charge in [-0.15, -0.1) is 11.3 Å². The van der Waals surface area contributed by atoms with Crippen LogP contribution in [-0.4, -0.2) is 48.1 Å². The lowest BCUT2D eigenvalue weighted by atomic mass is 9.96. The molecular formula is C24H24N4O3S2. The van der Waals surface area contributed by atoms with Crippen LogP contribution >= 0.6 is 11.3 Å². The van der Waals surface area contributed by atoms with Crippen LogP contribution in [0.2, 0.25) is 0 Å². The summed E-state index contributed by atoms with van der Waals surface area (Å²) in [6, 6.07) is 16.0. The number of fused-ring (bicyclic) bond motifs is 1. The quantitative estimate of drug-likeness (QED) is 0.564. The molecule has 1 unspecified atom stereocenters. The minimum absolute atomic E-state index is 0.00955. The highest BCUT2D eigenvalue weighted by molar-refractivity contribution is 7.89. The highest BCUT2D eigenvalue weighted by atomic mass is 32.2. The molecular weight excluding hydrogens is 456 g/mol. The van der Waals surface area contributed by atoms with Crippen LogP contribution in [0.15, 0.2) is 53.4 Å². The van der Waals surface area contributed by atoms with Crippen molar-refractivity contribution in [2.75, 3.05) is 19.6 Å². The van der Waals surface area contributed by atoms with E-state index in [-0.39, 0.29) is 22.8 Å². The monoisotopic (exact) mass is 480 g/mol. The summed E-state index contributed by atoms with van der Waals surface area (Å²) in [6.07, 6.45) is 2.89. The number of likely N-dealkylation sites (tertiary alicyclic amines) is 1. The summed E-state index contributed by atoms with van der Waals surface area (Å²) in [5, 5.41) is 9.92. The second-order valence-electron chi connectivity index (χ2n) is 8.52. The summed E-state index contributed by atoms with van der Waals surface area (Å²) in [7, 11) is -3.63. The van der Waals surface area contributed by atoms with Crippen molar-refractivity contribution in [3.8, 4) is 6.07 Å². The Balaban J connectivity index is 1.26. The van der Waals surface area contributed by atoms with Crippen molar-refractivity contribution in [2.24, 2.45) is 5.92 Å². The minimum atomic E-state index is -3.63. The summed E-state index contributed by atoms with van der Waals surface area (Å²) in [4.78, 5) is 20.3. The van der Waals surface area contributed by atoms with Gasteiger partial charge in [0.15, 0.2) is 0 Å². The molecule has 1 aromatic heterocycles. The first kappa shape index (κ1) is 22.0. The summed E-state index contributed by atoms with van der Waals surface area (Å²) in [5.41, 5.74) is 1.39. The molecule has 2 aliphatic heterocycles. The van der Waals surface area contributed by atoms with Crippen molar-refractivity contribution in [2.45, 2.75) is 36.6 Å². The number of sulfonamides is 1. The number of carbonyl (C=O) groups is 1. The average Bonchev–Trinajstić information content (AvgIpc) is 3.50. The summed E-state index contributed by atoms with van der Waals surface area (Å²) in [5.74, 6) is -0.0560. The van der Waals surface area contributed by atoms with Gasteiger partial charge in [-0.05, 0) is 62.1 Å². The largest absolute Gasteiger partial charge is 0.333 e. The number of hydrogen-bond donors (Lipinski definition) is 0. The molecule has 7 nitrogen and oxygen atoms in total. The van der Waals surface area contributed by atoms with Crippen LogP contribution < -0.4 is 0 Å². The summed E-state index contributed by atoms with van der Waals surface area (Å²) < 4.78 is 28.5. The molecule has 0 aliphatic carbocycles. The number of nitrogens with zero attached hydrogens (tertiary/aromatic N) is 4. The molecule has 1 atom stereocenters. The van der Waals surface area contributed by atoms with Gasteiger partial charge in [-0.25, -0.2) is 13.4 Å². The molecule has 170 valence electrons. The van der Waals surface area contributed by atoms with Crippen LogP contribution in [0.4, 0.5) is 0 Å². The molecule has 33 heavy (non-hydrogen) atoms. The fourth-order valence-corrected chi connectivity index (χ4v) is 7.33. The first-order valence-corrected chi connectivity index (χ1v) is 13.4. The Kier molecular flexibility index (Phi) is 5.91. The standard InChI is InChI=1S/C24H24N4O3S2/c25-16-17-7-9-19(10-8-17)33(30,31)27-14-11-18(12-15-27)24(29)28-13-3-5-21(28)23-26-20-4-1-2-6-22(20)32-23/h1-2,4,6-10,18,21H,3,5,11-15H2. The Morgan fingerprint density at radius 1 is 1.03 bits per heavy atom. The van der Waals surface area contributed by atoms with Crippen molar-refractivity contribution < 1.29 is 13.2 Å². The zero-order chi connectivity index (χ0) is 23.0. The molecule has 9 heteroatoms. The number of aromatic nitrogens is 1. The number of piperidine rings is 1. The van der Waals surface area contributed by atoms with E-state index in [2.05, 4.69) is 6.07 Å². The molecule has 0 saturated carbocycles. The summed E-state index contributed by atoms with van der Waals surface area (Å²) >= 11 is 1.65.